The van der Waals surface area contributed by atoms with Gasteiger partial charge in [-0.15, -0.1) is 6.58 Å². The Balaban J connectivity index is 2.25. The molecule has 0 aliphatic heterocycles. The number of hydrogen-bond donors (Lipinski definition) is 0. The lowest BCUT2D eigenvalue weighted by Crippen LogP contribution is -2.03. The van der Waals surface area contributed by atoms with Crippen LogP contribution in [0.5, 0.6) is 5.75 Å². The van der Waals surface area contributed by atoms with Crippen LogP contribution < -0.4 is 4.74 Å². The number of esters is 1. The third-order valence-corrected chi connectivity index (χ3v) is 3.86. The van der Waals surface area contributed by atoms with E-state index in [1.807, 2.05) is 24.3 Å². The van der Waals surface area contributed by atoms with E-state index in [4.69, 9.17) is 4.74 Å². The van der Waals surface area contributed by atoms with E-state index >= 15 is 0 Å². The minimum atomic E-state index is -0.436. The molecule has 22 heavy (non-hydrogen) atoms. The zero-order chi connectivity index (χ0) is 15.9. The van der Waals surface area contributed by atoms with Crippen molar-refractivity contribution in [2.75, 3.05) is 0 Å². The normalized spacial score (nSPS) is 11.9. The molecule has 2 heteroatoms. The maximum atomic E-state index is 11.4. The Hall–Kier alpha value is -2.35. The summed E-state index contributed by atoms with van der Waals surface area (Å²) in [7, 11) is 0. The monoisotopic (exact) mass is 294 g/mol. The molecule has 1 unspecified atom stereocenters. The predicted molar refractivity (Wildman–Crippen MR) is 92.2 cm³/mol. The van der Waals surface area contributed by atoms with Crippen molar-refractivity contribution in [3.63, 3.8) is 0 Å². The van der Waals surface area contributed by atoms with Gasteiger partial charge < -0.3 is 4.74 Å². The first-order chi connectivity index (χ1) is 10.7. The van der Waals surface area contributed by atoms with Gasteiger partial charge in [0.15, 0.2) is 0 Å². The van der Waals surface area contributed by atoms with Gasteiger partial charge in [-0.3, -0.25) is 0 Å². The highest BCUT2D eigenvalue weighted by Gasteiger charge is 2.09. The topological polar surface area (TPSA) is 26.3 Å². The molecule has 114 valence electrons. The van der Waals surface area contributed by atoms with Crippen LogP contribution in [0.4, 0.5) is 0 Å². The quantitative estimate of drug-likeness (QED) is 0.225. The summed E-state index contributed by atoms with van der Waals surface area (Å²) in [5.74, 6) is 0.645. The lowest BCUT2D eigenvalue weighted by Gasteiger charge is -2.13. The van der Waals surface area contributed by atoms with Crippen LogP contribution in [0.1, 0.15) is 37.7 Å². The van der Waals surface area contributed by atoms with Crippen molar-refractivity contribution in [1.82, 2.24) is 0 Å². The Morgan fingerprint density at radius 3 is 2.82 bits per heavy atom. The molecule has 0 bridgehead atoms. The van der Waals surface area contributed by atoms with Gasteiger partial charge in [0.2, 0.25) is 0 Å². The highest BCUT2D eigenvalue weighted by molar-refractivity contribution is 5.92. The molecule has 2 nitrogen and oxygen atoms in total. The highest BCUT2D eigenvalue weighted by Crippen LogP contribution is 2.30. The van der Waals surface area contributed by atoms with Gasteiger partial charge in [-0.2, -0.15) is 0 Å². The zero-order valence-corrected chi connectivity index (χ0v) is 13.0. The van der Waals surface area contributed by atoms with E-state index in [0.717, 1.165) is 30.0 Å². The Kier molecular flexibility index (Phi) is 5.54. The van der Waals surface area contributed by atoms with E-state index in [9.17, 15) is 4.79 Å². The SMILES string of the molecule is C=CCCCC(C)c1ccc2c(OC(=O)C=C)cccc2c1. The molecule has 0 fully saturated rings. The van der Waals surface area contributed by atoms with Gasteiger partial charge in [-0.25, -0.2) is 4.79 Å². The van der Waals surface area contributed by atoms with Crippen molar-refractivity contribution in [3.8, 4) is 5.75 Å². The average molecular weight is 294 g/mol. The molecule has 1 atom stereocenters. The number of hydrogen-bond acceptors (Lipinski definition) is 2. The first-order valence-electron chi connectivity index (χ1n) is 7.63. The lowest BCUT2D eigenvalue weighted by molar-refractivity contribution is -0.128. The zero-order valence-electron chi connectivity index (χ0n) is 13.0. The summed E-state index contributed by atoms with van der Waals surface area (Å²) in [6.07, 6.45) is 6.49. The Bertz CT molecular complexity index is 685. The number of benzene rings is 2. The second kappa shape index (κ2) is 7.60. The summed E-state index contributed by atoms with van der Waals surface area (Å²) < 4.78 is 5.29. The molecule has 0 radical (unpaired) electrons. The highest BCUT2D eigenvalue weighted by atomic mass is 16.5. The Morgan fingerprint density at radius 1 is 1.27 bits per heavy atom. The van der Waals surface area contributed by atoms with Gasteiger partial charge >= 0.3 is 5.97 Å². The van der Waals surface area contributed by atoms with E-state index < -0.39 is 5.97 Å². The summed E-state index contributed by atoms with van der Waals surface area (Å²) in [5.41, 5.74) is 1.31. The van der Waals surface area contributed by atoms with E-state index in [2.05, 4.69) is 32.2 Å². The third kappa shape index (κ3) is 3.85. The largest absolute Gasteiger partial charge is 0.423 e. The number of rotatable bonds is 7. The molecular weight excluding hydrogens is 272 g/mol. The fraction of sp³-hybridized carbons (Fsp3) is 0.250. The van der Waals surface area contributed by atoms with Crippen molar-refractivity contribution in [2.24, 2.45) is 0 Å². The summed E-state index contributed by atoms with van der Waals surface area (Å²) in [4.78, 5) is 11.4. The Labute approximate surface area is 132 Å². The number of allylic oxidation sites excluding steroid dienone is 1. The Morgan fingerprint density at radius 2 is 2.09 bits per heavy atom. The van der Waals surface area contributed by atoms with Crippen molar-refractivity contribution in [3.05, 3.63) is 67.3 Å². The maximum Gasteiger partial charge on any atom is 0.335 e. The van der Waals surface area contributed by atoms with Crippen LogP contribution in [0.15, 0.2) is 61.7 Å². The minimum absolute atomic E-state index is 0.436. The van der Waals surface area contributed by atoms with E-state index in [0.29, 0.717) is 11.7 Å². The first kappa shape index (κ1) is 16.0. The molecule has 0 aliphatic carbocycles. The number of carbonyl (C=O) groups excluding carboxylic acids is 1. The number of ether oxygens (including phenoxy) is 1. The van der Waals surface area contributed by atoms with Crippen LogP contribution in [-0.2, 0) is 4.79 Å². The van der Waals surface area contributed by atoms with Crippen LogP contribution in [0, 0.1) is 0 Å². The number of unbranched alkanes of at least 4 members (excludes halogenated alkanes) is 1. The van der Waals surface area contributed by atoms with Gasteiger partial charge in [-0.05, 0) is 42.2 Å². The van der Waals surface area contributed by atoms with E-state index in [1.165, 1.54) is 11.6 Å². The molecule has 0 saturated heterocycles. The van der Waals surface area contributed by atoms with E-state index in [-0.39, 0.29) is 0 Å². The fourth-order valence-electron chi connectivity index (χ4n) is 2.55. The van der Waals surface area contributed by atoms with Crippen LogP contribution in [0.2, 0.25) is 0 Å². The van der Waals surface area contributed by atoms with Crippen molar-refractivity contribution in [2.45, 2.75) is 32.1 Å². The molecule has 0 N–H and O–H groups in total. The summed E-state index contributed by atoms with van der Waals surface area (Å²) in [5, 5.41) is 2.03. The van der Waals surface area contributed by atoms with Gasteiger partial charge in [0.05, 0.1) is 0 Å². The molecule has 2 aromatic carbocycles. The molecule has 0 aliphatic rings. The van der Waals surface area contributed by atoms with Crippen molar-refractivity contribution in [1.29, 1.82) is 0 Å². The summed E-state index contributed by atoms with van der Waals surface area (Å²) in [6.45, 7) is 9.43. The standard InChI is InChI=1S/C20H22O2/c1-4-6-7-9-15(3)16-12-13-18-17(14-16)10-8-11-19(18)22-20(21)5-2/h4-5,8,10-15H,1-2,6-7,9H2,3H3. The summed E-state index contributed by atoms with van der Waals surface area (Å²) in [6, 6.07) is 12.1. The number of fused-ring (bicyclic) bond motifs is 1. The first-order valence-corrected chi connectivity index (χ1v) is 7.63. The maximum absolute atomic E-state index is 11.4. The second-order valence-electron chi connectivity index (χ2n) is 5.48. The van der Waals surface area contributed by atoms with Crippen LogP contribution >= 0.6 is 0 Å². The molecule has 0 amide bonds. The molecule has 2 rings (SSSR count). The van der Waals surface area contributed by atoms with Crippen LogP contribution in [-0.4, -0.2) is 5.97 Å². The van der Waals surface area contributed by atoms with Gasteiger partial charge in [0.25, 0.3) is 0 Å². The molecule has 0 aromatic heterocycles. The molecule has 0 heterocycles. The smallest absolute Gasteiger partial charge is 0.335 e. The average Bonchev–Trinajstić information content (AvgIpc) is 2.54. The van der Waals surface area contributed by atoms with Gasteiger partial charge in [0, 0.05) is 11.5 Å². The van der Waals surface area contributed by atoms with Crippen molar-refractivity contribution >= 4 is 16.7 Å². The third-order valence-electron chi connectivity index (χ3n) is 3.86. The van der Waals surface area contributed by atoms with Crippen molar-refractivity contribution < 1.29 is 9.53 Å². The molecule has 2 aromatic rings. The van der Waals surface area contributed by atoms with E-state index in [1.54, 1.807) is 6.07 Å². The van der Waals surface area contributed by atoms with Crippen LogP contribution in [0.3, 0.4) is 0 Å². The fourth-order valence-corrected chi connectivity index (χ4v) is 2.55. The minimum Gasteiger partial charge on any atom is -0.423 e. The van der Waals surface area contributed by atoms with Crippen LogP contribution in [0.25, 0.3) is 10.8 Å². The lowest BCUT2D eigenvalue weighted by atomic mass is 9.93. The molecule has 0 spiro atoms. The second-order valence-corrected chi connectivity index (χ2v) is 5.48. The molecule has 0 saturated carbocycles. The molecular formula is C20H22O2. The predicted octanol–water partition coefficient (Wildman–Crippen LogP) is 5.39. The number of carbonyl (C=O) groups is 1. The summed E-state index contributed by atoms with van der Waals surface area (Å²) >= 11 is 0. The van der Waals surface area contributed by atoms with Gasteiger partial charge in [-0.1, -0.05) is 49.9 Å². The van der Waals surface area contributed by atoms with Gasteiger partial charge in [0.1, 0.15) is 5.75 Å².